The minimum atomic E-state index is 0.0150. The summed E-state index contributed by atoms with van der Waals surface area (Å²) in [5.74, 6) is 1.15. The van der Waals surface area contributed by atoms with E-state index in [0.29, 0.717) is 16.7 Å². The molecule has 0 bridgehead atoms. The zero-order valence-electron chi connectivity index (χ0n) is 11.5. The molecular formula is C14H24BrNO2. The lowest BCUT2D eigenvalue weighted by molar-refractivity contribution is -0.127. The topological polar surface area (TPSA) is 38.3 Å². The third kappa shape index (κ3) is 3.08. The Morgan fingerprint density at radius 3 is 2.50 bits per heavy atom. The SMILES string of the molecule is CC1OC(C)C(C(=O)NCC2CCC(Br)C2)C1C. The molecule has 0 aromatic rings. The minimum Gasteiger partial charge on any atom is -0.374 e. The van der Waals surface area contributed by atoms with Crippen molar-refractivity contribution in [3.8, 4) is 0 Å². The number of amides is 1. The number of ether oxygens (including phenoxy) is 1. The van der Waals surface area contributed by atoms with E-state index >= 15 is 0 Å². The standard InChI is InChI=1S/C14H24BrNO2/c1-8-9(2)18-10(3)13(8)14(17)16-7-11-4-5-12(15)6-11/h8-13H,4-7H2,1-3H3,(H,16,17). The molecule has 104 valence electrons. The van der Waals surface area contributed by atoms with Gasteiger partial charge in [0.15, 0.2) is 0 Å². The summed E-state index contributed by atoms with van der Waals surface area (Å²) in [5.41, 5.74) is 0. The Bertz CT molecular complexity index is 310. The summed E-state index contributed by atoms with van der Waals surface area (Å²) in [5, 5.41) is 3.13. The number of carbonyl (C=O) groups excluding carboxylic acids is 1. The molecule has 2 rings (SSSR count). The van der Waals surface area contributed by atoms with E-state index in [1.807, 2.05) is 6.92 Å². The molecule has 0 aromatic heterocycles. The molecule has 1 saturated heterocycles. The number of halogens is 1. The van der Waals surface area contributed by atoms with Crippen molar-refractivity contribution in [2.24, 2.45) is 17.8 Å². The Morgan fingerprint density at radius 1 is 1.28 bits per heavy atom. The van der Waals surface area contributed by atoms with Crippen molar-refractivity contribution in [1.29, 1.82) is 0 Å². The van der Waals surface area contributed by atoms with Crippen LogP contribution in [0, 0.1) is 17.8 Å². The van der Waals surface area contributed by atoms with Crippen LogP contribution in [0.4, 0.5) is 0 Å². The van der Waals surface area contributed by atoms with Crippen LogP contribution in [0.15, 0.2) is 0 Å². The van der Waals surface area contributed by atoms with Crippen molar-refractivity contribution >= 4 is 21.8 Å². The molecule has 1 N–H and O–H groups in total. The number of alkyl halides is 1. The van der Waals surface area contributed by atoms with Crippen molar-refractivity contribution in [3.05, 3.63) is 0 Å². The largest absolute Gasteiger partial charge is 0.374 e. The van der Waals surface area contributed by atoms with E-state index in [0.717, 1.165) is 6.54 Å². The van der Waals surface area contributed by atoms with E-state index in [4.69, 9.17) is 4.74 Å². The molecular weight excluding hydrogens is 294 g/mol. The fourth-order valence-corrected chi connectivity index (χ4v) is 4.07. The summed E-state index contributed by atoms with van der Waals surface area (Å²) in [7, 11) is 0. The number of rotatable bonds is 3. The summed E-state index contributed by atoms with van der Waals surface area (Å²) >= 11 is 3.65. The van der Waals surface area contributed by atoms with Gasteiger partial charge in [-0.3, -0.25) is 4.79 Å². The van der Waals surface area contributed by atoms with E-state index in [1.54, 1.807) is 0 Å². The first kappa shape index (κ1) is 14.3. The number of nitrogens with one attached hydrogen (secondary N) is 1. The molecule has 18 heavy (non-hydrogen) atoms. The van der Waals surface area contributed by atoms with Gasteiger partial charge in [-0.2, -0.15) is 0 Å². The lowest BCUT2D eigenvalue weighted by Gasteiger charge is -2.19. The van der Waals surface area contributed by atoms with Crippen LogP contribution in [0.3, 0.4) is 0 Å². The Morgan fingerprint density at radius 2 is 2.00 bits per heavy atom. The molecule has 6 atom stereocenters. The van der Waals surface area contributed by atoms with E-state index in [-0.39, 0.29) is 24.0 Å². The summed E-state index contributed by atoms with van der Waals surface area (Å²) in [6.45, 7) is 7.00. The smallest absolute Gasteiger partial charge is 0.226 e. The van der Waals surface area contributed by atoms with Crippen molar-refractivity contribution in [2.75, 3.05) is 6.54 Å². The number of carbonyl (C=O) groups is 1. The predicted molar refractivity (Wildman–Crippen MR) is 75.7 cm³/mol. The number of hydrogen-bond acceptors (Lipinski definition) is 2. The van der Waals surface area contributed by atoms with Gasteiger partial charge in [-0.15, -0.1) is 0 Å². The van der Waals surface area contributed by atoms with Crippen molar-refractivity contribution in [2.45, 2.75) is 57.1 Å². The Hall–Kier alpha value is -0.0900. The fraction of sp³-hybridized carbons (Fsp3) is 0.929. The molecule has 4 heteroatoms. The lowest BCUT2D eigenvalue weighted by atomic mass is 9.88. The first-order valence-corrected chi connectivity index (χ1v) is 7.97. The highest BCUT2D eigenvalue weighted by Gasteiger charge is 2.41. The van der Waals surface area contributed by atoms with E-state index in [1.165, 1.54) is 19.3 Å². The molecule has 2 fully saturated rings. The van der Waals surface area contributed by atoms with Gasteiger partial charge < -0.3 is 10.1 Å². The van der Waals surface area contributed by atoms with Gasteiger partial charge in [-0.1, -0.05) is 22.9 Å². The number of hydrogen-bond donors (Lipinski definition) is 1. The summed E-state index contributed by atoms with van der Waals surface area (Å²) in [6, 6.07) is 0. The van der Waals surface area contributed by atoms with Crippen LogP contribution in [-0.4, -0.2) is 29.5 Å². The van der Waals surface area contributed by atoms with Gasteiger partial charge in [-0.25, -0.2) is 0 Å². The summed E-state index contributed by atoms with van der Waals surface area (Å²) in [6.07, 6.45) is 3.87. The molecule has 1 aliphatic heterocycles. The average Bonchev–Trinajstić information content (AvgIpc) is 2.82. The van der Waals surface area contributed by atoms with Gasteiger partial charge in [0.25, 0.3) is 0 Å². The molecule has 0 radical (unpaired) electrons. The third-order valence-corrected chi connectivity index (χ3v) is 5.42. The van der Waals surface area contributed by atoms with Gasteiger partial charge in [0.2, 0.25) is 5.91 Å². The summed E-state index contributed by atoms with van der Waals surface area (Å²) in [4.78, 5) is 12.9. The molecule has 0 spiro atoms. The normalized spacial score (nSPS) is 44.2. The highest BCUT2D eigenvalue weighted by molar-refractivity contribution is 9.09. The van der Waals surface area contributed by atoms with Crippen LogP contribution in [0.1, 0.15) is 40.0 Å². The molecule has 1 aliphatic carbocycles. The maximum atomic E-state index is 12.2. The Kier molecular flexibility index (Phi) is 4.70. The van der Waals surface area contributed by atoms with E-state index in [2.05, 4.69) is 35.1 Å². The molecule has 1 saturated carbocycles. The molecule has 6 unspecified atom stereocenters. The Balaban J connectivity index is 1.81. The highest BCUT2D eigenvalue weighted by Crippen LogP contribution is 2.33. The zero-order valence-corrected chi connectivity index (χ0v) is 13.1. The van der Waals surface area contributed by atoms with Crippen molar-refractivity contribution in [1.82, 2.24) is 5.32 Å². The van der Waals surface area contributed by atoms with Crippen molar-refractivity contribution in [3.63, 3.8) is 0 Å². The average molecular weight is 318 g/mol. The van der Waals surface area contributed by atoms with Crippen LogP contribution in [-0.2, 0) is 9.53 Å². The van der Waals surface area contributed by atoms with Gasteiger partial charge >= 0.3 is 0 Å². The maximum absolute atomic E-state index is 12.2. The fourth-order valence-electron chi connectivity index (χ4n) is 3.28. The monoisotopic (exact) mass is 317 g/mol. The predicted octanol–water partition coefficient (Wildman–Crippen LogP) is 2.73. The first-order valence-electron chi connectivity index (χ1n) is 7.06. The molecule has 1 amide bonds. The molecule has 0 aromatic carbocycles. The maximum Gasteiger partial charge on any atom is 0.226 e. The molecule has 2 aliphatic rings. The van der Waals surface area contributed by atoms with Gasteiger partial charge in [0, 0.05) is 11.4 Å². The van der Waals surface area contributed by atoms with Crippen LogP contribution in [0.25, 0.3) is 0 Å². The molecule has 3 nitrogen and oxygen atoms in total. The zero-order chi connectivity index (χ0) is 13.3. The molecule has 1 heterocycles. The first-order chi connectivity index (χ1) is 8.49. The van der Waals surface area contributed by atoms with Gasteiger partial charge in [-0.05, 0) is 44.9 Å². The van der Waals surface area contributed by atoms with E-state index in [9.17, 15) is 4.79 Å². The van der Waals surface area contributed by atoms with Crippen molar-refractivity contribution < 1.29 is 9.53 Å². The van der Waals surface area contributed by atoms with Crippen LogP contribution in [0.5, 0.6) is 0 Å². The van der Waals surface area contributed by atoms with Gasteiger partial charge in [0.05, 0.1) is 18.1 Å². The van der Waals surface area contributed by atoms with Gasteiger partial charge in [0.1, 0.15) is 0 Å². The quantitative estimate of drug-likeness (QED) is 0.813. The third-order valence-electron chi connectivity index (χ3n) is 4.59. The lowest BCUT2D eigenvalue weighted by Crippen LogP contribution is -2.39. The second-order valence-electron chi connectivity index (χ2n) is 5.95. The summed E-state index contributed by atoms with van der Waals surface area (Å²) < 4.78 is 5.73. The minimum absolute atomic E-state index is 0.0150. The van der Waals surface area contributed by atoms with E-state index < -0.39 is 0 Å². The highest BCUT2D eigenvalue weighted by atomic mass is 79.9. The van der Waals surface area contributed by atoms with Crippen LogP contribution in [0.2, 0.25) is 0 Å². The second-order valence-corrected chi connectivity index (χ2v) is 7.25. The van der Waals surface area contributed by atoms with Crippen LogP contribution < -0.4 is 5.32 Å². The van der Waals surface area contributed by atoms with Crippen LogP contribution >= 0.6 is 15.9 Å². The second kappa shape index (κ2) is 5.91. The Labute approximate surface area is 118 Å².